The number of carboxylic acids is 1. The second-order valence-corrected chi connectivity index (χ2v) is 4.95. The Morgan fingerprint density at radius 1 is 1.19 bits per heavy atom. The van der Waals surface area contributed by atoms with Gasteiger partial charge in [0, 0.05) is 30.4 Å². The van der Waals surface area contributed by atoms with Gasteiger partial charge in [0.15, 0.2) is 11.6 Å². The molecule has 1 aliphatic heterocycles. The monoisotopic (exact) mass is 293 g/mol. The van der Waals surface area contributed by atoms with Crippen LogP contribution in [0, 0.1) is 11.6 Å². The van der Waals surface area contributed by atoms with E-state index in [0.717, 1.165) is 38.1 Å². The van der Waals surface area contributed by atoms with Crippen molar-refractivity contribution in [1.29, 1.82) is 0 Å². The van der Waals surface area contributed by atoms with Gasteiger partial charge in [-0.2, -0.15) is 5.10 Å². The van der Waals surface area contributed by atoms with Crippen LogP contribution in [0.3, 0.4) is 0 Å². The van der Waals surface area contributed by atoms with Gasteiger partial charge in [-0.1, -0.05) is 0 Å². The van der Waals surface area contributed by atoms with Crippen LogP contribution in [-0.2, 0) is 0 Å². The number of benzene rings is 1. The number of hydrogen-bond donors (Lipinski definition) is 2. The van der Waals surface area contributed by atoms with Crippen molar-refractivity contribution in [2.75, 3.05) is 18.0 Å². The van der Waals surface area contributed by atoms with Gasteiger partial charge in [-0.15, -0.1) is 0 Å². The summed E-state index contributed by atoms with van der Waals surface area (Å²) in [6.45, 7) is 1.52. The Labute approximate surface area is 119 Å². The molecule has 0 saturated carbocycles. The van der Waals surface area contributed by atoms with Crippen LogP contribution in [0.15, 0.2) is 18.2 Å². The molecule has 2 N–H and O–H groups in total. The number of rotatable bonds is 3. The number of hydrogen-bond acceptors (Lipinski definition) is 3. The average Bonchev–Trinajstić information content (AvgIpc) is 3.11. The summed E-state index contributed by atoms with van der Waals surface area (Å²) in [5.41, 5.74) is 1.12. The second-order valence-electron chi connectivity index (χ2n) is 4.95. The lowest BCUT2D eigenvalue weighted by atomic mass is 10.1. The van der Waals surface area contributed by atoms with Crippen molar-refractivity contribution >= 4 is 11.7 Å². The van der Waals surface area contributed by atoms with E-state index in [4.69, 9.17) is 5.11 Å². The van der Waals surface area contributed by atoms with Crippen molar-refractivity contribution in [3.8, 4) is 11.3 Å². The molecule has 0 bridgehead atoms. The molecule has 5 nitrogen and oxygen atoms in total. The number of carboxylic acid groups (broad SMARTS) is 1. The number of nitrogens with one attached hydrogen (secondary N) is 1. The fraction of sp³-hybridized carbons (Fsp3) is 0.286. The molecule has 0 spiro atoms. The Hall–Kier alpha value is -2.44. The standard InChI is InChI=1S/C14H13F2N3O2/c15-9-5-8(11-7-12(14(20)21)18-17-11)13(6-10(9)16)19-3-1-2-4-19/h5-7H,1-4H2,(H,17,18)(H,20,21). The topological polar surface area (TPSA) is 69.2 Å². The van der Waals surface area contributed by atoms with E-state index in [1.54, 1.807) is 0 Å². The summed E-state index contributed by atoms with van der Waals surface area (Å²) in [7, 11) is 0. The van der Waals surface area contributed by atoms with Crippen molar-refractivity contribution in [2.45, 2.75) is 12.8 Å². The number of aromatic nitrogens is 2. The molecule has 7 heteroatoms. The summed E-state index contributed by atoms with van der Waals surface area (Å²) in [5.74, 6) is -3.05. The van der Waals surface area contributed by atoms with Crippen LogP contribution in [0.2, 0.25) is 0 Å². The summed E-state index contributed by atoms with van der Waals surface area (Å²) < 4.78 is 27.1. The van der Waals surface area contributed by atoms with Crippen molar-refractivity contribution in [1.82, 2.24) is 10.2 Å². The van der Waals surface area contributed by atoms with Gasteiger partial charge in [0.25, 0.3) is 0 Å². The van der Waals surface area contributed by atoms with Gasteiger partial charge in [-0.25, -0.2) is 13.6 Å². The van der Waals surface area contributed by atoms with Gasteiger partial charge in [-0.3, -0.25) is 5.10 Å². The Bertz CT molecular complexity index is 694. The van der Waals surface area contributed by atoms with E-state index in [0.29, 0.717) is 11.3 Å². The SMILES string of the molecule is O=C(O)c1cc(-c2cc(F)c(F)cc2N2CCCC2)n[nH]1. The fourth-order valence-corrected chi connectivity index (χ4v) is 2.53. The zero-order valence-corrected chi connectivity index (χ0v) is 11.1. The van der Waals surface area contributed by atoms with E-state index in [1.807, 2.05) is 4.90 Å². The van der Waals surface area contributed by atoms with Gasteiger partial charge >= 0.3 is 5.97 Å². The van der Waals surface area contributed by atoms with Crippen LogP contribution in [0.5, 0.6) is 0 Å². The molecular weight excluding hydrogens is 280 g/mol. The summed E-state index contributed by atoms with van der Waals surface area (Å²) in [6.07, 6.45) is 1.97. The normalized spacial score (nSPS) is 14.7. The molecule has 1 fully saturated rings. The summed E-state index contributed by atoms with van der Waals surface area (Å²) in [6, 6.07) is 3.52. The first-order valence-corrected chi connectivity index (χ1v) is 6.59. The Morgan fingerprint density at radius 3 is 2.48 bits per heavy atom. The van der Waals surface area contributed by atoms with Crippen LogP contribution in [0.1, 0.15) is 23.3 Å². The van der Waals surface area contributed by atoms with Crippen LogP contribution in [-0.4, -0.2) is 34.4 Å². The summed E-state index contributed by atoms with van der Waals surface area (Å²) in [5, 5.41) is 15.2. The maximum absolute atomic E-state index is 13.5. The number of carbonyl (C=O) groups is 1. The molecule has 2 aromatic rings. The van der Waals surface area contributed by atoms with Crippen molar-refractivity contribution in [3.63, 3.8) is 0 Å². The van der Waals surface area contributed by atoms with Gasteiger partial charge in [0.2, 0.25) is 0 Å². The molecule has 0 amide bonds. The first kappa shape index (κ1) is 13.5. The van der Waals surface area contributed by atoms with Gasteiger partial charge in [0.05, 0.1) is 5.69 Å². The molecule has 1 aliphatic rings. The van der Waals surface area contributed by atoms with Crippen molar-refractivity contribution < 1.29 is 18.7 Å². The molecule has 0 atom stereocenters. The van der Waals surface area contributed by atoms with E-state index in [-0.39, 0.29) is 11.4 Å². The number of anilines is 1. The van der Waals surface area contributed by atoms with E-state index >= 15 is 0 Å². The third kappa shape index (κ3) is 2.46. The van der Waals surface area contributed by atoms with Crippen LogP contribution in [0.25, 0.3) is 11.3 Å². The molecule has 1 aromatic heterocycles. The lowest BCUT2D eigenvalue weighted by Gasteiger charge is -2.21. The minimum Gasteiger partial charge on any atom is -0.477 e. The average molecular weight is 293 g/mol. The predicted octanol–water partition coefficient (Wildman–Crippen LogP) is 2.65. The smallest absolute Gasteiger partial charge is 0.353 e. The Kier molecular flexibility index (Phi) is 3.32. The van der Waals surface area contributed by atoms with Crippen LogP contribution >= 0.6 is 0 Å². The van der Waals surface area contributed by atoms with E-state index < -0.39 is 17.6 Å². The number of aromatic amines is 1. The second kappa shape index (κ2) is 5.16. The Balaban J connectivity index is 2.10. The first-order chi connectivity index (χ1) is 10.1. The van der Waals surface area contributed by atoms with Crippen LogP contribution < -0.4 is 4.90 Å². The zero-order chi connectivity index (χ0) is 15.0. The van der Waals surface area contributed by atoms with Crippen LogP contribution in [0.4, 0.5) is 14.5 Å². The zero-order valence-electron chi connectivity index (χ0n) is 11.1. The minimum absolute atomic E-state index is 0.0953. The highest BCUT2D eigenvalue weighted by molar-refractivity contribution is 5.88. The molecule has 0 unspecified atom stereocenters. The third-order valence-corrected chi connectivity index (χ3v) is 3.57. The molecule has 1 saturated heterocycles. The minimum atomic E-state index is -1.15. The number of nitrogens with zero attached hydrogens (tertiary/aromatic N) is 2. The van der Waals surface area contributed by atoms with E-state index in [9.17, 15) is 13.6 Å². The summed E-state index contributed by atoms with van der Waals surface area (Å²) >= 11 is 0. The first-order valence-electron chi connectivity index (χ1n) is 6.59. The molecule has 0 radical (unpaired) electrons. The third-order valence-electron chi connectivity index (χ3n) is 3.57. The van der Waals surface area contributed by atoms with Gasteiger partial charge in [0.1, 0.15) is 5.69 Å². The van der Waals surface area contributed by atoms with E-state index in [2.05, 4.69) is 10.2 Å². The molecule has 3 rings (SSSR count). The lowest BCUT2D eigenvalue weighted by molar-refractivity contribution is 0.0690. The molecule has 0 aliphatic carbocycles. The maximum Gasteiger partial charge on any atom is 0.353 e. The number of halogens is 2. The Morgan fingerprint density at radius 2 is 1.86 bits per heavy atom. The lowest BCUT2D eigenvalue weighted by Crippen LogP contribution is -2.19. The van der Waals surface area contributed by atoms with Gasteiger partial charge in [-0.05, 0) is 25.0 Å². The molecule has 110 valence electrons. The van der Waals surface area contributed by atoms with Gasteiger partial charge < -0.3 is 10.0 Å². The quantitative estimate of drug-likeness (QED) is 0.913. The molecular formula is C14H13F2N3O2. The maximum atomic E-state index is 13.5. The fourth-order valence-electron chi connectivity index (χ4n) is 2.53. The molecule has 2 heterocycles. The predicted molar refractivity (Wildman–Crippen MR) is 72.3 cm³/mol. The van der Waals surface area contributed by atoms with E-state index in [1.165, 1.54) is 6.07 Å². The number of aromatic carboxylic acids is 1. The highest BCUT2D eigenvalue weighted by atomic mass is 19.2. The summed E-state index contributed by atoms with van der Waals surface area (Å²) in [4.78, 5) is 12.8. The van der Waals surface area contributed by atoms with Crippen molar-refractivity contribution in [3.05, 3.63) is 35.5 Å². The largest absolute Gasteiger partial charge is 0.477 e. The highest BCUT2D eigenvalue weighted by Crippen LogP contribution is 2.34. The highest BCUT2D eigenvalue weighted by Gasteiger charge is 2.21. The number of H-pyrrole nitrogens is 1. The van der Waals surface area contributed by atoms with Crippen molar-refractivity contribution in [2.24, 2.45) is 0 Å². The molecule has 1 aromatic carbocycles. The molecule has 21 heavy (non-hydrogen) atoms.